The minimum Gasteiger partial charge on any atom is -0.496 e. The van der Waals surface area contributed by atoms with Gasteiger partial charge >= 0.3 is 0 Å². The second kappa shape index (κ2) is 4.90. The average Bonchev–Trinajstić information content (AvgIpc) is 2.76. The molecule has 2 N–H and O–H groups in total. The number of benzene rings is 1. The summed E-state index contributed by atoms with van der Waals surface area (Å²) in [6.45, 7) is 4.27. The van der Waals surface area contributed by atoms with Gasteiger partial charge in [-0.05, 0) is 33.6 Å². The third kappa shape index (κ3) is 2.37. The van der Waals surface area contributed by atoms with Gasteiger partial charge in [0.05, 0.1) is 17.3 Å². The highest BCUT2D eigenvalue weighted by Crippen LogP contribution is 2.36. The number of nitrogens with two attached hydrogens (primary N) is 1. The Hall–Kier alpha value is -1.07. The maximum Gasteiger partial charge on any atom is 0.180 e. The Morgan fingerprint density at radius 3 is 2.61 bits per heavy atom. The number of anilines is 1. The molecule has 96 valence electrons. The third-order valence-electron chi connectivity index (χ3n) is 3.04. The SMILES string of the molecule is COc1ccc(C(C)(C)c2csc(N)n2)cc1Br. The van der Waals surface area contributed by atoms with Crippen molar-refractivity contribution < 1.29 is 4.74 Å². The molecule has 3 nitrogen and oxygen atoms in total. The van der Waals surface area contributed by atoms with Gasteiger partial charge < -0.3 is 10.5 Å². The Kier molecular flexibility index (Phi) is 3.64. The summed E-state index contributed by atoms with van der Waals surface area (Å²) in [7, 11) is 1.66. The molecule has 1 aromatic carbocycles. The van der Waals surface area contributed by atoms with Crippen LogP contribution in [0.2, 0.25) is 0 Å². The van der Waals surface area contributed by atoms with E-state index in [1.165, 1.54) is 16.9 Å². The first-order chi connectivity index (χ1) is 8.45. The van der Waals surface area contributed by atoms with Crippen molar-refractivity contribution in [1.29, 1.82) is 0 Å². The van der Waals surface area contributed by atoms with Crippen LogP contribution in [0, 0.1) is 0 Å². The molecule has 1 aromatic heterocycles. The molecule has 0 amide bonds. The number of methoxy groups -OCH3 is 1. The van der Waals surface area contributed by atoms with E-state index in [4.69, 9.17) is 10.5 Å². The van der Waals surface area contributed by atoms with Crippen molar-refractivity contribution in [2.45, 2.75) is 19.3 Å². The Bertz CT molecular complexity index is 566. The fourth-order valence-electron chi connectivity index (χ4n) is 1.78. The van der Waals surface area contributed by atoms with Crippen LogP contribution in [0.15, 0.2) is 28.1 Å². The summed E-state index contributed by atoms with van der Waals surface area (Å²) in [5, 5.41) is 2.61. The van der Waals surface area contributed by atoms with Gasteiger partial charge in [-0.1, -0.05) is 19.9 Å². The fraction of sp³-hybridized carbons (Fsp3) is 0.308. The number of hydrogen-bond donors (Lipinski definition) is 1. The van der Waals surface area contributed by atoms with Crippen molar-refractivity contribution in [2.75, 3.05) is 12.8 Å². The fourth-order valence-corrected chi connectivity index (χ4v) is 3.05. The van der Waals surface area contributed by atoms with Gasteiger partial charge in [-0.3, -0.25) is 0 Å². The minimum atomic E-state index is -0.178. The zero-order valence-corrected chi connectivity index (χ0v) is 12.9. The zero-order valence-electron chi connectivity index (χ0n) is 10.5. The summed E-state index contributed by atoms with van der Waals surface area (Å²) in [6, 6.07) is 6.07. The van der Waals surface area contributed by atoms with E-state index in [-0.39, 0.29) is 5.41 Å². The zero-order chi connectivity index (χ0) is 13.3. The third-order valence-corrected chi connectivity index (χ3v) is 4.33. The van der Waals surface area contributed by atoms with E-state index in [2.05, 4.69) is 46.9 Å². The molecule has 0 radical (unpaired) electrons. The topological polar surface area (TPSA) is 48.1 Å². The van der Waals surface area contributed by atoms with Crippen molar-refractivity contribution in [3.63, 3.8) is 0 Å². The summed E-state index contributed by atoms with van der Waals surface area (Å²) in [5.41, 5.74) is 7.68. The molecule has 0 aliphatic rings. The number of hydrogen-bond acceptors (Lipinski definition) is 4. The van der Waals surface area contributed by atoms with Crippen LogP contribution in [-0.2, 0) is 5.41 Å². The minimum absolute atomic E-state index is 0.178. The standard InChI is InChI=1S/C13H15BrN2OS/c1-13(2,11-7-18-12(15)16-11)8-4-5-10(17-3)9(14)6-8/h4-7H,1-3H3,(H2,15,16). The van der Waals surface area contributed by atoms with E-state index >= 15 is 0 Å². The monoisotopic (exact) mass is 326 g/mol. The van der Waals surface area contributed by atoms with Crippen LogP contribution in [-0.4, -0.2) is 12.1 Å². The average molecular weight is 327 g/mol. The summed E-state index contributed by atoms with van der Waals surface area (Å²) in [5.74, 6) is 0.826. The molecule has 0 aliphatic heterocycles. The summed E-state index contributed by atoms with van der Waals surface area (Å²) in [6.07, 6.45) is 0. The predicted octanol–water partition coefficient (Wildman–Crippen LogP) is 3.82. The van der Waals surface area contributed by atoms with Crippen molar-refractivity contribution in [1.82, 2.24) is 4.98 Å². The van der Waals surface area contributed by atoms with E-state index in [1.54, 1.807) is 7.11 Å². The van der Waals surface area contributed by atoms with Gasteiger partial charge in [0.2, 0.25) is 0 Å². The van der Waals surface area contributed by atoms with E-state index in [0.29, 0.717) is 5.13 Å². The highest BCUT2D eigenvalue weighted by atomic mass is 79.9. The molecule has 0 saturated carbocycles. The second-order valence-corrected chi connectivity index (χ2v) is 6.29. The number of halogens is 1. The number of nitrogens with zero attached hydrogens (tertiary/aromatic N) is 1. The summed E-state index contributed by atoms with van der Waals surface area (Å²) < 4.78 is 6.19. The lowest BCUT2D eigenvalue weighted by Gasteiger charge is -2.23. The Balaban J connectivity index is 2.44. The molecule has 5 heteroatoms. The first kappa shape index (κ1) is 13.4. The van der Waals surface area contributed by atoms with Gasteiger partial charge in [-0.25, -0.2) is 4.98 Å². The molecule has 2 rings (SSSR count). The van der Waals surface area contributed by atoms with Crippen LogP contribution < -0.4 is 10.5 Å². The molecular weight excluding hydrogens is 312 g/mol. The normalized spacial score (nSPS) is 11.6. The lowest BCUT2D eigenvalue weighted by Crippen LogP contribution is -2.19. The van der Waals surface area contributed by atoms with Crippen molar-refractivity contribution in [3.05, 3.63) is 39.3 Å². The van der Waals surface area contributed by atoms with E-state index < -0.39 is 0 Å². The van der Waals surface area contributed by atoms with Crippen LogP contribution in [0.4, 0.5) is 5.13 Å². The van der Waals surface area contributed by atoms with E-state index in [9.17, 15) is 0 Å². The summed E-state index contributed by atoms with van der Waals surface area (Å²) in [4.78, 5) is 4.38. The van der Waals surface area contributed by atoms with Gasteiger partial charge in [0.1, 0.15) is 5.75 Å². The molecule has 0 unspecified atom stereocenters. The van der Waals surface area contributed by atoms with Gasteiger partial charge in [0, 0.05) is 10.8 Å². The highest BCUT2D eigenvalue weighted by Gasteiger charge is 2.26. The smallest absolute Gasteiger partial charge is 0.180 e. The quantitative estimate of drug-likeness (QED) is 0.932. The Labute approximate surface area is 119 Å². The predicted molar refractivity (Wildman–Crippen MR) is 79.3 cm³/mol. The van der Waals surface area contributed by atoms with Crippen molar-refractivity contribution in [3.8, 4) is 5.75 Å². The van der Waals surface area contributed by atoms with E-state index in [0.717, 1.165) is 15.9 Å². The molecule has 0 spiro atoms. The number of aromatic nitrogens is 1. The first-order valence-electron chi connectivity index (χ1n) is 5.50. The maximum atomic E-state index is 5.71. The number of nitrogen functional groups attached to an aromatic ring is 1. The maximum absolute atomic E-state index is 5.71. The molecule has 0 bridgehead atoms. The van der Waals surface area contributed by atoms with E-state index in [1.807, 2.05) is 11.4 Å². The van der Waals surface area contributed by atoms with Crippen molar-refractivity contribution >= 4 is 32.4 Å². The van der Waals surface area contributed by atoms with Crippen LogP contribution in [0.1, 0.15) is 25.1 Å². The van der Waals surface area contributed by atoms with Crippen LogP contribution in [0.3, 0.4) is 0 Å². The van der Waals surface area contributed by atoms with Crippen molar-refractivity contribution in [2.24, 2.45) is 0 Å². The van der Waals surface area contributed by atoms with Crippen LogP contribution in [0.5, 0.6) is 5.75 Å². The molecule has 1 heterocycles. The first-order valence-corrected chi connectivity index (χ1v) is 7.18. The van der Waals surface area contributed by atoms with Gasteiger partial charge in [-0.2, -0.15) is 0 Å². The van der Waals surface area contributed by atoms with Crippen LogP contribution >= 0.6 is 27.3 Å². The molecule has 0 aliphatic carbocycles. The largest absolute Gasteiger partial charge is 0.496 e. The molecule has 18 heavy (non-hydrogen) atoms. The number of ether oxygens (including phenoxy) is 1. The molecule has 0 fully saturated rings. The number of thiazole rings is 1. The molecular formula is C13H15BrN2OS. The lowest BCUT2D eigenvalue weighted by molar-refractivity contribution is 0.411. The second-order valence-electron chi connectivity index (χ2n) is 4.55. The number of rotatable bonds is 3. The molecule has 2 aromatic rings. The highest BCUT2D eigenvalue weighted by molar-refractivity contribution is 9.10. The lowest BCUT2D eigenvalue weighted by atomic mass is 9.82. The van der Waals surface area contributed by atoms with Crippen LogP contribution in [0.25, 0.3) is 0 Å². The van der Waals surface area contributed by atoms with Gasteiger partial charge in [0.25, 0.3) is 0 Å². The molecule has 0 saturated heterocycles. The summed E-state index contributed by atoms with van der Waals surface area (Å²) >= 11 is 4.98. The van der Waals surface area contributed by atoms with Gasteiger partial charge in [0.15, 0.2) is 5.13 Å². The Morgan fingerprint density at radius 2 is 2.11 bits per heavy atom. The van der Waals surface area contributed by atoms with Gasteiger partial charge in [-0.15, -0.1) is 11.3 Å². The Morgan fingerprint density at radius 1 is 1.39 bits per heavy atom. The molecule has 0 atom stereocenters.